The Hall–Kier alpha value is 0.260. The number of rotatable bonds is 2. The molecule has 70 valence electrons. The van der Waals surface area contributed by atoms with E-state index >= 15 is 0 Å². The van der Waals surface area contributed by atoms with Gasteiger partial charge in [0.25, 0.3) is 10.1 Å². The molecular weight excluding hydrogens is 184 g/mol. The molecule has 0 atom stereocenters. The Bertz CT molecular complexity index is 158. The van der Waals surface area contributed by atoms with E-state index in [1.807, 2.05) is 13.8 Å². The molecule has 0 saturated carbocycles. The minimum Gasteiger partial charge on any atom is -0.286 e. The third-order valence-electron chi connectivity index (χ3n) is 0.462. The van der Waals surface area contributed by atoms with Crippen LogP contribution < -0.4 is 0 Å². The Kier molecular flexibility index (Phi) is 8.72. The molecule has 0 unspecified atom stereocenters. The molecule has 0 rings (SSSR count). The van der Waals surface area contributed by atoms with E-state index in [0.717, 1.165) is 0 Å². The van der Waals surface area contributed by atoms with E-state index in [1.165, 1.54) is 0 Å². The predicted molar refractivity (Wildman–Crippen MR) is 50.8 cm³/mol. The standard InChI is InChI=1S/C3H8O3S.C3H8S/c1-2-3-7(4,5)6;1-3(2)4/h2-3H2,1H3,(H,4,5,6);3-4H,1-2H3. The van der Waals surface area contributed by atoms with Gasteiger partial charge in [0, 0.05) is 0 Å². The van der Waals surface area contributed by atoms with Gasteiger partial charge in [-0.1, -0.05) is 20.8 Å². The van der Waals surface area contributed by atoms with Crippen molar-refractivity contribution in [2.45, 2.75) is 32.4 Å². The maximum atomic E-state index is 9.79. The van der Waals surface area contributed by atoms with E-state index in [-0.39, 0.29) is 5.75 Å². The molecule has 0 amide bonds. The molecule has 11 heavy (non-hydrogen) atoms. The van der Waals surface area contributed by atoms with E-state index < -0.39 is 10.1 Å². The molecule has 0 heterocycles. The normalized spacial score (nSPS) is 10.7. The lowest BCUT2D eigenvalue weighted by Crippen LogP contribution is -2.01. The average molecular weight is 200 g/mol. The Morgan fingerprint density at radius 2 is 1.73 bits per heavy atom. The second kappa shape index (κ2) is 6.94. The Labute approximate surface area is 74.4 Å². The average Bonchev–Trinajstić information content (AvgIpc) is 1.58. The molecule has 0 saturated heterocycles. The van der Waals surface area contributed by atoms with Crippen LogP contribution in [0.1, 0.15) is 27.2 Å². The third-order valence-corrected chi connectivity index (χ3v) is 1.39. The zero-order chi connectivity index (χ0) is 9.49. The third kappa shape index (κ3) is 38.6. The molecule has 0 spiro atoms. The second-order valence-corrected chi connectivity index (χ2v) is 4.98. The molecule has 0 fully saturated rings. The second-order valence-electron chi connectivity index (χ2n) is 2.38. The van der Waals surface area contributed by atoms with Gasteiger partial charge in [-0.15, -0.1) is 0 Å². The van der Waals surface area contributed by atoms with Crippen molar-refractivity contribution in [3.63, 3.8) is 0 Å². The Balaban J connectivity index is 0. The summed E-state index contributed by atoms with van der Waals surface area (Å²) in [5, 5.41) is 0.528. The van der Waals surface area contributed by atoms with E-state index in [1.54, 1.807) is 6.92 Å². The molecule has 0 aromatic carbocycles. The monoisotopic (exact) mass is 200 g/mol. The van der Waals surface area contributed by atoms with Gasteiger partial charge in [0.05, 0.1) is 5.75 Å². The summed E-state index contributed by atoms with van der Waals surface area (Å²) in [6, 6.07) is 0. The molecular formula is C6H16O3S2. The molecule has 0 radical (unpaired) electrons. The van der Waals surface area contributed by atoms with Gasteiger partial charge in [0.15, 0.2) is 0 Å². The number of thiol groups is 1. The quantitative estimate of drug-likeness (QED) is 0.526. The van der Waals surface area contributed by atoms with Crippen LogP contribution in [0.25, 0.3) is 0 Å². The Morgan fingerprint density at radius 3 is 1.73 bits per heavy atom. The van der Waals surface area contributed by atoms with Crippen molar-refractivity contribution in [1.82, 2.24) is 0 Å². The van der Waals surface area contributed by atoms with Crippen LogP contribution >= 0.6 is 12.6 Å². The summed E-state index contributed by atoms with van der Waals surface area (Å²) in [7, 11) is -3.67. The first-order valence-electron chi connectivity index (χ1n) is 3.42. The maximum Gasteiger partial charge on any atom is 0.264 e. The zero-order valence-electron chi connectivity index (χ0n) is 7.11. The number of hydrogen-bond acceptors (Lipinski definition) is 3. The first-order chi connectivity index (χ1) is 4.79. The van der Waals surface area contributed by atoms with Crippen molar-refractivity contribution in [1.29, 1.82) is 0 Å². The lowest BCUT2D eigenvalue weighted by atomic mass is 10.6. The molecule has 0 aromatic heterocycles. The summed E-state index contributed by atoms with van der Waals surface area (Å²) in [5.74, 6) is -0.132. The highest BCUT2D eigenvalue weighted by Crippen LogP contribution is 1.84. The van der Waals surface area contributed by atoms with Gasteiger partial charge < -0.3 is 0 Å². The van der Waals surface area contributed by atoms with Crippen molar-refractivity contribution in [3.8, 4) is 0 Å². The summed E-state index contributed by atoms with van der Waals surface area (Å²) < 4.78 is 27.6. The summed E-state index contributed by atoms with van der Waals surface area (Å²) in [4.78, 5) is 0. The van der Waals surface area contributed by atoms with Gasteiger partial charge in [-0.25, -0.2) is 0 Å². The van der Waals surface area contributed by atoms with Crippen LogP contribution in [-0.2, 0) is 10.1 Å². The molecule has 5 heteroatoms. The predicted octanol–water partition coefficient (Wildman–Crippen LogP) is 1.61. The summed E-state index contributed by atoms with van der Waals surface area (Å²) >= 11 is 3.97. The highest BCUT2D eigenvalue weighted by atomic mass is 32.2. The summed E-state index contributed by atoms with van der Waals surface area (Å²) in [5.41, 5.74) is 0. The van der Waals surface area contributed by atoms with Gasteiger partial charge in [-0.2, -0.15) is 21.0 Å². The van der Waals surface area contributed by atoms with Gasteiger partial charge in [0.2, 0.25) is 0 Å². The van der Waals surface area contributed by atoms with Gasteiger partial charge in [-0.3, -0.25) is 4.55 Å². The topological polar surface area (TPSA) is 54.4 Å². The summed E-state index contributed by atoms with van der Waals surface area (Å²) in [6.45, 7) is 5.75. The molecule has 3 nitrogen and oxygen atoms in total. The van der Waals surface area contributed by atoms with E-state index in [2.05, 4.69) is 12.6 Å². The first kappa shape index (κ1) is 13.8. The minimum atomic E-state index is -3.67. The molecule has 0 aliphatic carbocycles. The summed E-state index contributed by atoms with van der Waals surface area (Å²) in [6.07, 6.45) is 0.471. The fourth-order valence-corrected chi connectivity index (χ4v) is 0.774. The van der Waals surface area contributed by atoms with Crippen LogP contribution in [0.4, 0.5) is 0 Å². The maximum absolute atomic E-state index is 9.79. The number of hydrogen-bond donors (Lipinski definition) is 2. The largest absolute Gasteiger partial charge is 0.286 e. The molecule has 1 N–H and O–H groups in total. The molecule has 0 aliphatic rings. The van der Waals surface area contributed by atoms with Crippen molar-refractivity contribution in [3.05, 3.63) is 0 Å². The fourth-order valence-electron chi connectivity index (χ4n) is 0.258. The van der Waals surface area contributed by atoms with E-state index in [4.69, 9.17) is 4.55 Å². The first-order valence-corrected chi connectivity index (χ1v) is 5.55. The molecule has 0 aromatic rings. The smallest absolute Gasteiger partial charge is 0.264 e. The van der Waals surface area contributed by atoms with Gasteiger partial charge in [-0.05, 0) is 11.7 Å². The van der Waals surface area contributed by atoms with Crippen molar-refractivity contribution in [2.24, 2.45) is 0 Å². The fraction of sp³-hybridized carbons (Fsp3) is 1.00. The van der Waals surface area contributed by atoms with E-state index in [0.29, 0.717) is 11.7 Å². The van der Waals surface area contributed by atoms with Crippen LogP contribution in [0.15, 0.2) is 0 Å². The van der Waals surface area contributed by atoms with Crippen molar-refractivity contribution < 1.29 is 13.0 Å². The molecule has 0 bridgehead atoms. The van der Waals surface area contributed by atoms with Crippen LogP contribution in [0, 0.1) is 0 Å². The lowest BCUT2D eigenvalue weighted by Gasteiger charge is -1.85. The van der Waals surface area contributed by atoms with Crippen LogP contribution in [0.3, 0.4) is 0 Å². The minimum absolute atomic E-state index is 0.132. The molecule has 0 aliphatic heterocycles. The van der Waals surface area contributed by atoms with E-state index in [9.17, 15) is 8.42 Å². The Morgan fingerprint density at radius 1 is 1.45 bits per heavy atom. The SMILES string of the molecule is CC(C)S.CCCS(=O)(=O)O. The lowest BCUT2D eigenvalue weighted by molar-refractivity contribution is 0.482. The van der Waals surface area contributed by atoms with Crippen LogP contribution in [0.5, 0.6) is 0 Å². The van der Waals surface area contributed by atoms with Gasteiger partial charge >= 0.3 is 0 Å². The highest BCUT2D eigenvalue weighted by molar-refractivity contribution is 7.85. The van der Waals surface area contributed by atoms with Crippen LogP contribution in [0.2, 0.25) is 0 Å². The van der Waals surface area contributed by atoms with Gasteiger partial charge in [0.1, 0.15) is 0 Å². The van der Waals surface area contributed by atoms with Crippen molar-refractivity contribution >= 4 is 22.7 Å². The van der Waals surface area contributed by atoms with Crippen molar-refractivity contribution in [2.75, 3.05) is 5.75 Å². The zero-order valence-corrected chi connectivity index (χ0v) is 8.82. The van der Waals surface area contributed by atoms with Crippen LogP contribution in [-0.4, -0.2) is 24.0 Å². The highest BCUT2D eigenvalue weighted by Gasteiger charge is 1.98.